The van der Waals surface area contributed by atoms with Crippen molar-refractivity contribution < 1.29 is 17.9 Å². The van der Waals surface area contributed by atoms with E-state index in [0.717, 1.165) is 4.31 Å². The lowest BCUT2D eigenvalue weighted by atomic mass is 10.2. The molecule has 136 valence electrons. The Kier molecular flexibility index (Phi) is 5.93. The molecule has 0 aliphatic carbocycles. The van der Waals surface area contributed by atoms with E-state index in [9.17, 15) is 8.42 Å². The first-order valence-electron chi connectivity index (χ1n) is 7.11. The molecule has 0 saturated heterocycles. The standard InChI is InChI=1S/C15H19ClN4O4S/c1-20(2)25(21,22)19-10-5-6-15(17-9-10)18-12-8-13(23-3)11(16)7-14(12)24-4/h5-9,19H,1-4H3,(H,17,18). The Balaban J connectivity index is 2.22. The minimum absolute atomic E-state index is 0.347. The number of ether oxygens (including phenoxy) is 2. The first-order valence-corrected chi connectivity index (χ1v) is 8.93. The van der Waals surface area contributed by atoms with Gasteiger partial charge in [0.15, 0.2) is 0 Å². The van der Waals surface area contributed by atoms with Crippen LogP contribution >= 0.6 is 11.6 Å². The van der Waals surface area contributed by atoms with Gasteiger partial charge in [-0.15, -0.1) is 0 Å². The molecule has 1 aromatic carbocycles. The minimum atomic E-state index is -3.58. The molecule has 0 bridgehead atoms. The van der Waals surface area contributed by atoms with E-state index in [-0.39, 0.29) is 0 Å². The maximum absolute atomic E-state index is 11.8. The smallest absolute Gasteiger partial charge is 0.301 e. The van der Waals surface area contributed by atoms with E-state index in [1.165, 1.54) is 34.5 Å². The zero-order valence-corrected chi connectivity index (χ0v) is 15.8. The van der Waals surface area contributed by atoms with Crippen LogP contribution in [-0.4, -0.2) is 46.0 Å². The molecule has 1 aromatic heterocycles. The van der Waals surface area contributed by atoms with Gasteiger partial charge >= 0.3 is 10.2 Å². The Hall–Kier alpha value is -2.23. The van der Waals surface area contributed by atoms with Crippen molar-refractivity contribution in [1.29, 1.82) is 0 Å². The summed E-state index contributed by atoms with van der Waals surface area (Å²) in [6.07, 6.45) is 1.41. The molecular formula is C15H19ClN4O4S. The van der Waals surface area contributed by atoms with E-state index >= 15 is 0 Å². The van der Waals surface area contributed by atoms with Crippen LogP contribution < -0.4 is 19.5 Å². The van der Waals surface area contributed by atoms with Crippen LogP contribution in [0.15, 0.2) is 30.5 Å². The van der Waals surface area contributed by atoms with Crippen LogP contribution in [0, 0.1) is 0 Å². The van der Waals surface area contributed by atoms with Gasteiger partial charge in [-0.1, -0.05) is 11.6 Å². The SMILES string of the molecule is COc1cc(Nc2ccc(NS(=O)(=O)N(C)C)cn2)c(OC)cc1Cl. The first kappa shape index (κ1) is 19.1. The van der Waals surface area contributed by atoms with E-state index in [0.29, 0.717) is 33.7 Å². The number of nitrogens with one attached hydrogen (secondary N) is 2. The van der Waals surface area contributed by atoms with E-state index < -0.39 is 10.2 Å². The van der Waals surface area contributed by atoms with Gasteiger partial charge in [0.2, 0.25) is 0 Å². The Morgan fingerprint density at radius 3 is 2.32 bits per heavy atom. The molecule has 2 N–H and O–H groups in total. The van der Waals surface area contributed by atoms with Gasteiger partial charge in [-0.05, 0) is 12.1 Å². The van der Waals surface area contributed by atoms with E-state index in [1.54, 1.807) is 24.3 Å². The van der Waals surface area contributed by atoms with Crippen molar-refractivity contribution >= 4 is 39.0 Å². The van der Waals surface area contributed by atoms with Crippen molar-refractivity contribution in [2.45, 2.75) is 0 Å². The highest BCUT2D eigenvalue weighted by molar-refractivity contribution is 7.90. The third kappa shape index (κ3) is 4.65. The van der Waals surface area contributed by atoms with E-state index in [4.69, 9.17) is 21.1 Å². The second-order valence-electron chi connectivity index (χ2n) is 5.13. The number of pyridine rings is 1. The van der Waals surface area contributed by atoms with Crippen molar-refractivity contribution in [3.63, 3.8) is 0 Å². The number of rotatable bonds is 7. The normalized spacial score (nSPS) is 11.3. The number of methoxy groups -OCH3 is 2. The van der Waals surface area contributed by atoms with Gasteiger partial charge in [-0.3, -0.25) is 4.72 Å². The predicted octanol–water partition coefficient (Wildman–Crippen LogP) is 2.71. The van der Waals surface area contributed by atoms with Gasteiger partial charge in [0.05, 0.1) is 36.8 Å². The summed E-state index contributed by atoms with van der Waals surface area (Å²) >= 11 is 6.07. The third-order valence-electron chi connectivity index (χ3n) is 3.23. The van der Waals surface area contributed by atoms with Crippen molar-refractivity contribution in [3.8, 4) is 11.5 Å². The summed E-state index contributed by atoms with van der Waals surface area (Å²) < 4.78 is 37.5. The zero-order chi connectivity index (χ0) is 18.6. The zero-order valence-electron chi connectivity index (χ0n) is 14.2. The molecule has 0 saturated carbocycles. The highest BCUT2D eigenvalue weighted by Crippen LogP contribution is 2.37. The fraction of sp³-hybridized carbons (Fsp3) is 0.267. The number of hydrogen-bond acceptors (Lipinski definition) is 6. The lowest BCUT2D eigenvalue weighted by molar-refractivity contribution is 0.405. The summed E-state index contributed by atoms with van der Waals surface area (Å²) in [6, 6.07) is 6.54. The molecule has 0 spiro atoms. The van der Waals surface area contributed by atoms with Gasteiger partial charge in [0, 0.05) is 26.2 Å². The molecule has 0 fully saturated rings. The molecule has 1 heterocycles. The van der Waals surface area contributed by atoms with E-state index in [2.05, 4.69) is 15.0 Å². The summed E-state index contributed by atoms with van der Waals surface area (Å²) in [7, 11) is 2.34. The molecule has 0 aliphatic heterocycles. The van der Waals surface area contributed by atoms with Crippen LogP contribution in [0.2, 0.25) is 5.02 Å². The molecule has 10 heteroatoms. The predicted molar refractivity (Wildman–Crippen MR) is 98.3 cm³/mol. The topological polar surface area (TPSA) is 92.8 Å². The number of nitrogens with zero attached hydrogens (tertiary/aromatic N) is 2. The summed E-state index contributed by atoms with van der Waals surface area (Å²) in [5.74, 6) is 1.50. The second kappa shape index (κ2) is 7.77. The van der Waals surface area contributed by atoms with Crippen LogP contribution in [0.5, 0.6) is 11.5 Å². The molecular weight excluding hydrogens is 368 g/mol. The summed E-state index contributed by atoms with van der Waals surface area (Å²) in [5, 5.41) is 3.50. The number of benzene rings is 1. The van der Waals surface area contributed by atoms with Crippen LogP contribution in [0.3, 0.4) is 0 Å². The Morgan fingerprint density at radius 1 is 1.12 bits per heavy atom. The lowest BCUT2D eigenvalue weighted by Crippen LogP contribution is -2.28. The quantitative estimate of drug-likeness (QED) is 0.760. The van der Waals surface area contributed by atoms with Gasteiger partial charge < -0.3 is 14.8 Å². The maximum atomic E-state index is 11.8. The third-order valence-corrected chi connectivity index (χ3v) is 4.98. The maximum Gasteiger partial charge on any atom is 0.301 e. The van der Waals surface area contributed by atoms with Crippen LogP contribution in [0.1, 0.15) is 0 Å². The fourth-order valence-electron chi connectivity index (χ4n) is 1.86. The molecule has 0 unspecified atom stereocenters. The average molecular weight is 387 g/mol. The summed E-state index contributed by atoms with van der Waals surface area (Å²) in [6.45, 7) is 0. The molecule has 0 aliphatic rings. The number of hydrogen-bond donors (Lipinski definition) is 2. The highest BCUT2D eigenvalue weighted by Gasteiger charge is 2.14. The van der Waals surface area contributed by atoms with Crippen LogP contribution in [0.25, 0.3) is 0 Å². The largest absolute Gasteiger partial charge is 0.495 e. The average Bonchev–Trinajstić information content (AvgIpc) is 2.57. The molecule has 2 aromatic rings. The number of aromatic nitrogens is 1. The second-order valence-corrected chi connectivity index (χ2v) is 7.43. The van der Waals surface area contributed by atoms with Gasteiger partial charge in [-0.25, -0.2) is 4.98 Å². The number of halogens is 1. The molecule has 2 rings (SSSR count). The molecule has 0 atom stereocenters. The van der Waals surface area contributed by atoms with Crippen molar-refractivity contribution in [1.82, 2.24) is 9.29 Å². The number of anilines is 3. The highest BCUT2D eigenvalue weighted by atomic mass is 35.5. The van der Waals surface area contributed by atoms with Gasteiger partial charge in [0.25, 0.3) is 0 Å². The monoisotopic (exact) mass is 386 g/mol. The first-order chi connectivity index (χ1) is 11.8. The van der Waals surface area contributed by atoms with Crippen molar-refractivity contribution in [2.24, 2.45) is 0 Å². The Labute approximate surface area is 151 Å². The van der Waals surface area contributed by atoms with Crippen LogP contribution in [0.4, 0.5) is 17.2 Å². The van der Waals surface area contributed by atoms with Crippen molar-refractivity contribution in [3.05, 3.63) is 35.5 Å². The fourth-order valence-corrected chi connectivity index (χ4v) is 2.70. The van der Waals surface area contributed by atoms with Gasteiger partial charge in [0.1, 0.15) is 17.3 Å². The molecule has 8 nitrogen and oxygen atoms in total. The molecule has 0 radical (unpaired) electrons. The Bertz CT molecular complexity index is 841. The summed E-state index contributed by atoms with van der Waals surface area (Å²) in [4.78, 5) is 4.18. The lowest BCUT2D eigenvalue weighted by Gasteiger charge is -2.15. The van der Waals surface area contributed by atoms with Crippen LogP contribution in [-0.2, 0) is 10.2 Å². The van der Waals surface area contributed by atoms with E-state index in [1.807, 2.05) is 0 Å². The van der Waals surface area contributed by atoms with Crippen molar-refractivity contribution in [2.75, 3.05) is 38.4 Å². The Morgan fingerprint density at radius 2 is 1.80 bits per heavy atom. The van der Waals surface area contributed by atoms with Gasteiger partial charge in [-0.2, -0.15) is 12.7 Å². The summed E-state index contributed by atoms with van der Waals surface area (Å²) in [5.41, 5.74) is 0.956. The molecule has 0 amide bonds. The minimum Gasteiger partial charge on any atom is -0.495 e. The molecule has 25 heavy (non-hydrogen) atoms.